The summed E-state index contributed by atoms with van der Waals surface area (Å²) in [5.74, 6) is 0.563. The summed E-state index contributed by atoms with van der Waals surface area (Å²) in [6.45, 7) is 8.53. The molecule has 6 rings (SSSR count). The van der Waals surface area contributed by atoms with Gasteiger partial charge in [-0.05, 0) is 76.8 Å². The van der Waals surface area contributed by atoms with Gasteiger partial charge in [-0.2, -0.15) is 5.10 Å². The molecule has 1 fully saturated rings. The molecule has 1 N–H and O–H groups in total. The first-order valence-corrected chi connectivity index (χ1v) is 13.7. The summed E-state index contributed by atoms with van der Waals surface area (Å²) in [4.78, 5) is 18.0. The van der Waals surface area contributed by atoms with E-state index in [0.29, 0.717) is 27.4 Å². The summed E-state index contributed by atoms with van der Waals surface area (Å²) in [6, 6.07) is 13.6. The van der Waals surface area contributed by atoms with Crippen molar-refractivity contribution < 1.29 is 9.15 Å². The fraction of sp³-hybridized carbons (Fsp3) is 0.323. The summed E-state index contributed by atoms with van der Waals surface area (Å²) in [7, 11) is 0. The highest BCUT2D eigenvalue weighted by Crippen LogP contribution is 2.34. The van der Waals surface area contributed by atoms with Gasteiger partial charge in [0, 0.05) is 28.7 Å². The van der Waals surface area contributed by atoms with Crippen molar-refractivity contribution in [1.82, 2.24) is 14.8 Å². The molecular formula is C31H31ClN4O3. The van der Waals surface area contributed by atoms with Crippen LogP contribution >= 0.6 is 11.6 Å². The highest BCUT2D eigenvalue weighted by Gasteiger charge is 2.22. The number of anilines is 1. The van der Waals surface area contributed by atoms with Gasteiger partial charge in [-0.15, -0.1) is 0 Å². The summed E-state index contributed by atoms with van der Waals surface area (Å²) < 4.78 is 14.6. The van der Waals surface area contributed by atoms with Crippen molar-refractivity contribution in [1.29, 1.82) is 0 Å². The zero-order valence-corrected chi connectivity index (χ0v) is 23.3. The van der Waals surface area contributed by atoms with Crippen molar-refractivity contribution >= 4 is 39.2 Å². The first-order valence-electron chi connectivity index (χ1n) is 13.4. The van der Waals surface area contributed by atoms with Gasteiger partial charge in [0.1, 0.15) is 16.5 Å². The molecule has 200 valence electrons. The Morgan fingerprint density at radius 3 is 2.72 bits per heavy atom. The van der Waals surface area contributed by atoms with Gasteiger partial charge in [-0.25, -0.2) is 9.67 Å². The van der Waals surface area contributed by atoms with Crippen LogP contribution in [0.3, 0.4) is 0 Å². The van der Waals surface area contributed by atoms with Gasteiger partial charge in [0.2, 0.25) is 0 Å². The number of aryl methyl sites for hydroxylation is 2. The number of benzene rings is 2. The molecule has 0 spiro atoms. The van der Waals surface area contributed by atoms with Gasteiger partial charge in [0.25, 0.3) is 0 Å². The quantitative estimate of drug-likeness (QED) is 0.230. The number of halogens is 1. The molecule has 5 aromatic rings. The van der Waals surface area contributed by atoms with Gasteiger partial charge in [-0.1, -0.05) is 29.8 Å². The average Bonchev–Trinajstić information content (AvgIpc) is 3.36. The Balaban J connectivity index is 1.47. The lowest BCUT2D eigenvalue weighted by molar-refractivity contribution is -0.0366. The molecule has 1 saturated heterocycles. The highest BCUT2D eigenvalue weighted by molar-refractivity contribution is 6.29. The minimum absolute atomic E-state index is 0.0306. The maximum Gasteiger partial charge on any atom is 0.196 e. The van der Waals surface area contributed by atoms with Crippen LogP contribution in [0, 0.1) is 20.8 Å². The molecule has 2 atom stereocenters. The van der Waals surface area contributed by atoms with Gasteiger partial charge in [0.15, 0.2) is 11.7 Å². The lowest BCUT2D eigenvalue weighted by Gasteiger charge is -2.23. The minimum atomic E-state index is -0.153. The van der Waals surface area contributed by atoms with Crippen molar-refractivity contribution in [3.05, 3.63) is 86.4 Å². The Kier molecular flexibility index (Phi) is 6.65. The lowest BCUT2D eigenvalue weighted by Crippen LogP contribution is -2.18. The third-order valence-corrected chi connectivity index (χ3v) is 7.78. The predicted octanol–water partition coefficient (Wildman–Crippen LogP) is 7.66. The Bertz CT molecular complexity index is 1770. The van der Waals surface area contributed by atoms with E-state index in [9.17, 15) is 4.79 Å². The van der Waals surface area contributed by atoms with Crippen molar-refractivity contribution in [2.45, 2.75) is 59.2 Å². The third kappa shape index (κ3) is 4.70. The second kappa shape index (κ2) is 10.1. The van der Waals surface area contributed by atoms with Crippen LogP contribution in [0.5, 0.6) is 0 Å². The SMILES string of the molecule is Cc1cc([C@@H](C)Nc2ccc(Cl)nc2C)c2oc(-c3ccc4cnn(C5CCCCO5)c4c3)c(C)c(=O)c2c1. The first kappa shape index (κ1) is 25.6. The number of nitrogens with one attached hydrogen (secondary N) is 1. The first-order chi connectivity index (χ1) is 18.8. The van der Waals surface area contributed by atoms with Gasteiger partial charge >= 0.3 is 0 Å². The van der Waals surface area contributed by atoms with Crippen LogP contribution in [-0.4, -0.2) is 21.4 Å². The highest BCUT2D eigenvalue weighted by atomic mass is 35.5. The Morgan fingerprint density at radius 1 is 1.10 bits per heavy atom. The predicted molar refractivity (Wildman–Crippen MR) is 156 cm³/mol. The molecule has 0 bridgehead atoms. The number of hydrogen-bond donors (Lipinski definition) is 1. The van der Waals surface area contributed by atoms with E-state index >= 15 is 0 Å². The number of rotatable bonds is 5. The molecule has 0 saturated carbocycles. The van der Waals surface area contributed by atoms with Gasteiger partial charge in [-0.3, -0.25) is 4.79 Å². The maximum absolute atomic E-state index is 13.7. The Morgan fingerprint density at radius 2 is 1.95 bits per heavy atom. The number of aromatic nitrogens is 3. The van der Waals surface area contributed by atoms with Crippen LogP contribution < -0.4 is 10.7 Å². The molecule has 0 radical (unpaired) electrons. The zero-order valence-electron chi connectivity index (χ0n) is 22.5. The number of pyridine rings is 1. The third-order valence-electron chi connectivity index (χ3n) is 7.57. The summed E-state index contributed by atoms with van der Waals surface area (Å²) in [6.07, 6.45) is 4.91. The van der Waals surface area contributed by atoms with Crippen molar-refractivity contribution in [2.75, 3.05) is 11.9 Å². The van der Waals surface area contributed by atoms with E-state index in [2.05, 4.69) is 34.5 Å². The number of ether oxygens (including phenoxy) is 1. The second-order valence-electron chi connectivity index (χ2n) is 10.4. The monoisotopic (exact) mass is 542 g/mol. The van der Waals surface area contributed by atoms with E-state index in [-0.39, 0.29) is 17.7 Å². The summed E-state index contributed by atoms with van der Waals surface area (Å²) in [5.41, 5.74) is 6.50. The van der Waals surface area contributed by atoms with Crippen LogP contribution in [0.2, 0.25) is 5.15 Å². The smallest absolute Gasteiger partial charge is 0.196 e. The fourth-order valence-electron chi connectivity index (χ4n) is 5.48. The Hall–Kier alpha value is -3.68. The molecule has 39 heavy (non-hydrogen) atoms. The van der Waals surface area contributed by atoms with Crippen molar-refractivity contribution in [3.8, 4) is 11.3 Å². The van der Waals surface area contributed by atoms with Gasteiger partial charge in [0.05, 0.1) is 34.5 Å². The summed E-state index contributed by atoms with van der Waals surface area (Å²) in [5, 5.41) is 10.2. The molecule has 3 aromatic heterocycles. The average molecular weight is 543 g/mol. The maximum atomic E-state index is 13.7. The summed E-state index contributed by atoms with van der Waals surface area (Å²) >= 11 is 6.06. The molecule has 1 unspecified atom stereocenters. The molecular weight excluding hydrogens is 512 g/mol. The van der Waals surface area contributed by atoms with Crippen LogP contribution in [0.25, 0.3) is 33.2 Å². The number of hydrogen-bond acceptors (Lipinski definition) is 6. The van der Waals surface area contributed by atoms with E-state index < -0.39 is 0 Å². The standard InChI is InChI=1S/C31H31ClN4O3/c1-17-13-23(19(3)34-25-10-11-27(32)35-20(25)4)31-24(14-17)29(37)18(2)30(39-31)21-8-9-22-16-33-36(26(22)15-21)28-7-5-6-12-38-28/h8-11,13-16,19,28,34H,5-7,12H2,1-4H3/t19-,28?/m1/s1. The van der Waals surface area contributed by atoms with E-state index in [1.54, 1.807) is 6.07 Å². The number of nitrogens with zero attached hydrogens (tertiary/aromatic N) is 3. The lowest BCUT2D eigenvalue weighted by atomic mass is 9.98. The van der Waals surface area contributed by atoms with Crippen LogP contribution in [-0.2, 0) is 4.74 Å². The zero-order chi connectivity index (χ0) is 27.3. The topological polar surface area (TPSA) is 82.2 Å². The molecule has 7 nitrogen and oxygen atoms in total. The molecule has 4 heterocycles. The normalized spacial score (nSPS) is 16.6. The largest absolute Gasteiger partial charge is 0.455 e. The molecule has 2 aromatic carbocycles. The number of fused-ring (bicyclic) bond motifs is 2. The van der Waals surface area contributed by atoms with Crippen molar-refractivity contribution in [2.24, 2.45) is 0 Å². The van der Waals surface area contributed by atoms with Crippen LogP contribution in [0.15, 0.2) is 57.9 Å². The van der Waals surface area contributed by atoms with Gasteiger partial charge < -0.3 is 14.5 Å². The molecule has 8 heteroatoms. The fourth-order valence-corrected chi connectivity index (χ4v) is 5.67. The molecule has 0 aliphatic carbocycles. The van der Waals surface area contributed by atoms with E-state index in [1.807, 2.05) is 55.9 Å². The van der Waals surface area contributed by atoms with E-state index in [4.69, 9.17) is 20.8 Å². The Labute approximate surface area is 231 Å². The van der Waals surface area contributed by atoms with E-state index in [1.165, 1.54) is 0 Å². The molecule has 1 aliphatic heterocycles. The second-order valence-corrected chi connectivity index (χ2v) is 10.8. The van der Waals surface area contributed by atoms with Crippen LogP contribution in [0.4, 0.5) is 5.69 Å². The minimum Gasteiger partial charge on any atom is -0.455 e. The van der Waals surface area contributed by atoms with E-state index in [0.717, 1.165) is 64.8 Å². The molecule has 1 aliphatic rings. The van der Waals surface area contributed by atoms with Crippen molar-refractivity contribution in [3.63, 3.8) is 0 Å². The molecule has 0 amide bonds. The van der Waals surface area contributed by atoms with Crippen LogP contribution in [0.1, 0.15) is 60.8 Å².